The van der Waals surface area contributed by atoms with E-state index in [9.17, 15) is 9.90 Å². The van der Waals surface area contributed by atoms with E-state index in [1.54, 1.807) is 7.11 Å². The van der Waals surface area contributed by atoms with Crippen molar-refractivity contribution in [3.63, 3.8) is 0 Å². The van der Waals surface area contributed by atoms with E-state index in [1.807, 2.05) is 24.3 Å². The van der Waals surface area contributed by atoms with Crippen LogP contribution < -0.4 is 10.1 Å². The van der Waals surface area contributed by atoms with Gasteiger partial charge in [-0.25, -0.2) is 0 Å². The van der Waals surface area contributed by atoms with E-state index in [1.165, 1.54) is 0 Å². The van der Waals surface area contributed by atoms with Crippen LogP contribution in [0.5, 0.6) is 5.75 Å². The summed E-state index contributed by atoms with van der Waals surface area (Å²) in [6.45, 7) is 3.17. The minimum absolute atomic E-state index is 0.138. The maximum Gasteiger partial charge on any atom is 0.223 e. The van der Waals surface area contributed by atoms with E-state index >= 15 is 0 Å². The fraction of sp³-hybridized carbons (Fsp3) is 0.571. The highest BCUT2D eigenvalue weighted by Crippen LogP contribution is 2.34. The second kappa shape index (κ2) is 8.69. The maximum atomic E-state index is 12.2. The van der Waals surface area contributed by atoms with Crippen LogP contribution in [0.25, 0.3) is 0 Å². The van der Waals surface area contributed by atoms with Crippen molar-refractivity contribution in [2.45, 2.75) is 37.7 Å². The zero-order valence-corrected chi connectivity index (χ0v) is 15.6. The summed E-state index contributed by atoms with van der Waals surface area (Å²) in [7, 11) is 1.64. The zero-order chi connectivity index (χ0) is 18.4. The number of allylic oxidation sites excluding steroid dienone is 2. The number of rotatable bonds is 6. The first-order valence-corrected chi connectivity index (χ1v) is 9.63. The third kappa shape index (κ3) is 4.65. The normalized spacial score (nSPS) is 22.8. The number of aliphatic hydroxyl groups is 1. The Morgan fingerprint density at radius 1 is 1.35 bits per heavy atom. The molecule has 0 aromatic heterocycles. The van der Waals surface area contributed by atoms with Crippen molar-refractivity contribution in [1.82, 2.24) is 10.2 Å². The molecule has 5 heteroatoms. The van der Waals surface area contributed by atoms with Crippen LogP contribution in [0.15, 0.2) is 36.4 Å². The van der Waals surface area contributed by atoms with Crippen LogP contribution in [0, 0.1) is 5.92 Å². The number of ether oxygens (including phenoxy) is 1. The van der Waals surface area contributed by atoms with Gasteiger partial charge in [0.1, 0.15) is 5.75 Å². The molecule has 1 fully saturated rings. The van der Waals surface area contributed by atoms with Crippen LogP contribution in [0.1, 0.15) is 37.7 Å². The highest BCUT2D eigenvalue weighted by molar-refractivity contribution is 5.78. The van der Waals surface area contributed by atoms with Gasteiger partial charge in [-0.2, -0.15) is 0 Å². The first-order chi connectivity index (χ1) is 12.6. The second-order valence-electron chi connectivity index (χ2n) is 7.38. The largest absolute Gasteiger partial charge is 0.497 e. The molecule has 1 heterocycles. The number of nitrogens with one attached hydrogen (secondary N) is 1. The zero-order valence-electron chi connectivity index (χ0n) is 15.6. The lowest BCUT2D eigenvalue weighted by Gasteiger charge is -2.38. The summed E-state index contributed by atoms with van der Waals surface area (Å²) < 4.78 is 5.27. The second-order valence-corrected chi connectivity index (χ2v) is 7.38. The van der Waals surface area contributed by atoms with E-state index in [0.717, 1.165) is 50.2 Å². The quantitative estimate of drug-likeness (QED) is 0.767. The molecule has 0 spiro atoms. The Kier molecular flexibility index (Phi) is 6.33. The lowest BCUT2D eigenvalue weighted by Crippen LogP contribution is -2.45. The number of nitrogens with zero attached hydrogens (tertiary/aromatic N) is 1. The average Bonchev–Trinajstić information content (AvgIpc) is 2.70. The highest BCUT2D eigenvalue weighted by atomic mass is 16.5. The molecule has 1 saturated heterocycles. The summed E-state index contributed by atoms with van der Waals surface area (Å²) in [4.78, 5) is 14.5. The molecule has 1 aromatic carbocycles. The topological polar surface area (TPSA) is 61.8 Å². The number of methoxy groups -OCH3 is 1. The van der Waals surface area contributed by atoms with E-state index in [-0.39, 0.29) is 11.8 Å². The van der Waals surface area contributed by atoms with Crippen molar-refractivity contribution >= 4 is 5.91 Å². The van der Waals surface area contributed by atoms with Gasteiger partial charge in [0.25, 0.3) is 0 Å². The van der Waals surface area contributed by atoms with E-state index in [0.29, 0.717) is 19.4 Å². The molecule has 1 aromatic rings. The van der Waals surface area contributed by atoms with Gasteiger partial charge >= 0.3 is 0 Å². The minimum Gasteiger partial charge on any atom is -0.497 e. The Morgan fingerprint density at radius 3 is 2.85 bits per heavy atom. The predicted molar refractivity (Wildman–Crippen MR) is 102 cm³/mol. The molecule has 1 amide bonds. The summed E-state index contributed by atoms with van der Waals surface area (Å²) in [5.41, 5.74) is 0.137. The highest BCUT2D eigenvalue weighted by Gasteiger charge is 2.34. The molecule has 1 aliphatic carbocycles. The van der Waals surface area contributed by atoms with Crippen molar-refractivity contribution in [2.24, 2.45) is 5.92 Å². The van der Waals surface area contributed by atoms with Crippen LogP contribution in [0.2, 0.25) is 0 Å². The number of hydrogen-bond donors (Lipinski definition) is 2. The molecule has 142 valence electrons. The number of benzene rings is 1. The maximum absolute atomic E-state index is 12.2. The molecule has 0 bridgehead atoms. The van der Waals surface area contributed by atoms with Crippen LogP contribution >= 0.6 is 0 Å². The van der Waals surface area contributed by atoms with Gasteiger partial charge in [0.15, 0.2) is 0 Å². The van der Waals surface area contributed by atoms with Gasteiger partial charge < -0.3 is 20.1 Å². The van der Waals surface area contributed by atoms with Crippen LogP contribution in [-0.4, -0.2) is 49.2 Å². The molecule has 0 radical (unpaired) electrons. The number of likely N-dealkylation sites (tertiary alicyclic amines) is 1. The molecule has 1 unspecified atom stereocenters. The van der Waals surface area contributed by atoms with Crippen molar-refractivity contribution in [1.29, 1.82) is 0 Å². The van der Waals surface area contributed by atoms with Gasteiger partial charge in [-0.1, -0.05) is 24.3 Å². The molecule has 2 N–H and O–H groups in total. The molecule has 1 aliphatic heterocycles. The number of carbonyl (C=O) groups is 1. The molecule has 2 aliphatic rings. The molecule has 3 rings (SSSR count). The smallest absolute Gasteiger partial charge is 0.223 e. The summed E-state index contributed by atoms with van der Waals surface area (Å²) in [6, 6.07) is 7.72. The number of hydrogen-bond acceptors (Lipinski definition) is 4. The first kappa shape index (κ1) is 18.9. The van der Waals surface area contributed by atoms with Gasteiger partial charge in [-0.05, 0) is 49.8 Å². The molecule has 1 atom stereocenters. The van der Waals surface area contributed by atoms with Crippen molar-refractivity contribution in [3.8, 4) is 5.75 Å². The van der Waals surface area contributed by atoms with Crippen LogP contribution in [0.3, 0.4) is 0 Å². The minimum atomic E-state index is -0.789. The summed E-state index contributed by atoms with van der Waals surface area (Å²) in [5, 5.41) is 14.1. The Balaban J connectivity index is 1.43. The van der Waals surface area contributed by atoms with Gasteiger partial charge in [-0.3, -0.25) is 4.79 Å². The third-order valence-electron chi connectivity index (χ3n) is 5.66. The molecule has 26 heavy (non-hydrogen) atoms. The molecular weight excluding hydrogens is 328 g/mol. The predicted octanol–water partition coefficient (Wildman–Crippen LogP) is 2.45. The van der Waals surface area contributed by atoms with E-state index in [4.69, 9.17) is 4.74 Å². The monoisotopic (exact) mass is 358 g/mol. The molecular formula is C21H30N2O3. The summed E-state index contributed by atoms with van der Waals surface area (Å²) >= 11 is 0. The lowest BCUT2D eigenvalue weighted by atomic mass is 9.84. The Hall–Kier alpha value is -1.85. The fourth-order valence-electron chi connectivity index (χ4n) is 3.86. The molecule has 5 nitrogen and oxygen atoms in total. The Bertz CT molecular complexity index is 636. The average molecular weight is 358 g/mol. The van der Waals surface area contributed by atoms with Crippen LogP contribution in [-0.2, 0) is 10.4 Å². The third-order valence-corrected chi connectivity index (χ3v) is 5.66. The summed E-state index contributed by atoms with van der Waals surface area (Å²) in [5.74, 6) is 1.09. The number of amides is 1. The van der Waals surface area contributed by atoms with Crippen molar-refractivity contribution in [3.05, 3.63) is 42.0 Å². The SMILES string of the molecule is COc1cccc(C2(O)CCN(CCNC(=O)C3CC=CCC3)CC2)c1. The van der Waals surface area contributed by atoms with E-state index < -0.39 is 5.60 Å². The van der Waals surface area contributed by atoms with Crippen LogP contribution in [0.4, 0.5) is 0 Å². The van der Waals surface area contributed by atoms with Gasteiger partial charge in [-0.15, -0.1) is 0 Å². The summed E-state index contributed by atoms with van der Waals surface area (Å²) in [6.07, 6.45) is 8.48. The Morgan fingerprint density at radius 2 is 2.15 bits per heavy atom. The van der Waals surface area contributed by atoms with Gasteiger partial charge in [0.05, 0.1) is 12.7 Å². The number of carbonyl (C=O) groups excluding carboxylic acids is 1. The van der Waals surface area contributed by atoms with E-state index in [2.05, 4.69) is 22.4 Å². The van der Waals surface area contributed by atoms with Crippen molar-refractivity contribution < 1.29 is 14.6 Å². The molecule has 0 saturated carbocycles. The lowest BCUT2D eigenvalue weighted by molar-refractivity contribution is -0.125. The first-order valence-electron chi connectivity index (χ1n) is 9.63. The Labute approximate surface area is 156 Å². The van der Waals surface area contributed by atoms with Gasteiger partial charge in [0, 0.05) is 32.1 Å². The van der Waals surface area contributed by atoms with Gasteiger partial charge in [0.2, 0.25) is 5.91 Å². The number of piperidine rings is 1. The standard InChI is InChI=1S/C21H30N2O3/c1-26-19-9-5-8-18(16-19)21(25)10-13-23(14-11-21)15-12-22-20(24)17-6-3-2-4-7-17/h2-3,5,8-9,16-17,25H,4,6-7,10-15H2,1H3,(H,22,24). The fourth-order valence-corrected chi connectivity index (χ4v) is 3.86. The van der Waals surface area contributed by atoms with Crippen molar-refractivity contribution in [2.75, 3.05) is 33.3 Å².